The fraction of sp³-hybridized carbons (Fsp3) is 0.208. The van der Waals surface area contributed by atoms with Gasteiger partial charge in [-0.2, -0.15) is 26.8 Å². The van der Waals surface area contributed by atoms with E-state index in [9.17, 15) is 26.4 Å². The molecule has 0 unspecified atom stereocenters. The zero-order valence-electron chi connectivity index (χ0n) is 38.0. The van der Waals surface area contributed by atoms with Gasteiger partial charge in [-0.1, -0.05) is 73.5 Å². The SMILES string of the molecule is CCCN1CC(c2ccc(NC(=O)c3ccc(C(=O)Nc4ccc(C5=C(N)N=C(N)N(CCC)C5)cc4)cc3)cc2)=C(N)N=C1N.Cc1ccc(S(=O)(=O)O)cc1.Cc1ccc(S(=O)(=O)O)cc1. The van der Waals surface area contributed by atoms with Crippen molar-refractivity contribution in [2.75, 3.05) is 36.8 Å². The summed E-state index contributed by atoms with van der Waals surface area (Å²) in [5.41, 5.74) is 31.9. The van der Waals surface area contributed by atoms with Gasteiger partial charge in [0, 0.05) is 59.8 Å². The van der Waals surface area contributed by atoms with Gasteiger partial charge in [0.2, 0.25) is 0 Å². The van der Waals surface area contributed by atoms with Gasteiger partial charge < -0.3 is 43.4 Å². The molecule has 68 heavy (non-hydrogen) atoms. The number of nitrogens with one attached hydrogen (secondary N) is 2. The second kappa shape index (κ2) is 22.8. The molecule has 2 aliphatic heterocycles. The van der Waals surface area contributed by atoms with E-state index in [4.69, 9.17) is 32.0 Å². The van der Waals surface area contributed by atoms with Gasteiger partial charge in [-0.25, -0.2) is 0 Å². The van der Waals surface area contributed by atoms with E-state index in [0.29, 0.717) is 59.2 Å². The molecule has 18 nitrogen and oxygen atoms in total. The van der Waals surface area contributed by atoms with Crippen LogP contribution in [0.2, 0.25) is 0 Å². The summed E-state index contributed by atoms with van der Waals surface area (Å²) in [5.74, 6) is 1.04. The van der Waals surface area contributed by atoms with Crippen molar-refractivity contribution in [3.8, 4) is 0 Å². The third kappa shape index (κ3) is 14.2. The van der Waals surface area contributed by atoms with E-state index in [2.05, 4.69) is 34.5 Å². The third-order valence-corrected chi connectivity index (χ3v) is 12.2. The summed E-state index contributed by atoms with van der Waals surface area (Å²) in [6.45, 7) is 10.6. The van der Waals surface area contributed by atoms with Crippen LogP contribution in [0.3, 0.4) is 0 Å². The first-order valence-corrected chi connectivity index (χ1v) is 24.2. The summed E-state index contributed by atoms with van der Waals surface area (Å²) in [6, 6.07) is 33.3. The van der Waals surface area contributed by atoms with Gasteiger partial charge in [0.1, 0.15) is 11.6 Å². The summed E-state index contributed by atoms with van der Waals surface area (Å²) in [6.07, 6.45) is 1.88. The second-order valence-corrected chi connectivity index (χ2v) is 18.6. The molecule has 0 radical (unpaired) electrons. The Balaban J connectivity index is 0.000000319. The molecular weight excluding hydrogens is 909 g/mol. The standard InChI is InChI=1S/C34H40N10O2.2C7H8O3S/c1-3-17-43-19-27(29(35)41-33(43)37)21-9-13-25(14-10-21)39-31(45)23-5-7-24(8-6-23)32(46)40-26-15-11-22(12-16-26)28-20-44(18-4-2)34(38)42-30(28)36;2*1-6-2-4-7(5-3-6)11(8,9)10/h5-16H,3-4,17-20,35-36H2,1-2H3,(H2,37,41)(H2,38,42)(H,39,45)(H,40,46);2*2-5H,1H3,(H,8,9,10). The summed E-state index contributed by atoms with van der Waals surface area (Å²) in [5, 5.41) is 5.79. The smallest absolute Gasteiger partial charge is 0.294 e. The predicted molar refractivity (Wildman–Crippen MR) is 266 cm³/mol. The van der Waals surface area contributed by atoms with E-state index >= 15 is 0 Å². The van der Waals surface area contributed by atoms with E-state index < -0.39 is 20.2 Å². The lowest BCUT2D eigenvalue weighted by Gasteiger charge is -2.28. The Morgan fingerprint density at radius 3 is 1.12 bits per heavy atom. The summed E-state index contributed by atoms with van der Waals surface area (Å²) in [7, 11) is -8.04. The van der Waals surface area contributed by atoms with Crippen molar-refractivity contribution >= 4 is 66.5 Å². The highest BCUT2D eigenvalue weighted by Gasteiger charge is 2.21. The van der Waals surface area contributed by atoms with Gasteiger partial charge in [0.25, 0.3) is 32.1 Å². The number of guanidine groups is 2. The first-order valence-electron chi connectivity index (χ1n) is 21.3. The van der Waals surface area contributed by atoms with Crippen molar-refractivity contribution in [3.05, 3.63) is 166 Å². The van der Waals surface area contributed by atoms with Crippen molar-refractivity contribution in [1.29, 1.82) is 0 Å². The maximum absolute atomic E-state index is 12.9. The van der Waals surface area contributed by atoms with E-state index in [0.717, 1.165) is 59.3 Å². The number of aliphatic imine (C=N–C) groups is 2. The quantitative estimate of drug-likeness (QED) is 0.0665. The third-order valence-electron chi connectivity index (χ3n) is 10.5. The molecule has 0 aliphatic carbocycles. The van der Waals surface area contributed by atoms with Gasteiger partial charge in [0.15, 0.2) is 11.9 Å². The Morgan fingerprint density at radius 2 is 0.838 bits per heavy atom. The fourth-order valence-electron chi connectivity index (χ4n) is 6.74. The van der Waals surface area contributed by atoms with Crippen molar-refractivity contribution in [2.24, 2.45) is 32.9 Å². The minimum Gasteiger partial charge on any atom is -0.383 e. The van der Waals surface area contributed by atoms with Crippen LogP contribution >= 0.6 is 0 Å². The van der Waals surface area contributed by atoms with Gasteiger partial charge in [-0.15, -0.1) is 0 Å². The van der Waals surface area contributed by atoms with E-state index in [1.807, 2.05) is 72.2 Å². The molecule has 0 aromatic heterocycles. The summed E-state index contributed by atoms with van der Waals surface area (Å²) in [4.78, 5) is 38.3. The largest absolute Gasteiger partial charge is 0.383 e. The van der Waals surface area contributed by atoms with Crippen LogP contribution in [0.1, 0.15) is 69.7 Å². The zero-order valence-corrected chi connectivity index (χ0v) is 39.7. The molecule has 12 N–H and O–H groups in total. The molecule has 7 rings (SSSR count). The normalized spacial score (nSPS) is 13.9. The molecule has 0 bridgehead atoms. The summed E-state index contributed by atoms with van der Waals surface area (Å²) < 4.78 is 59.1. The van der Waals surface area contributed by atoms with Crippen molar-refractivity contribution in [2.45, 2.75) is 50.3 Å². The van der Waals surface area contributed by atoms with Crippen molar-refractivity contribution < 1.29 is 35.5 Å². The maximum atomic E-state index is 12.9. The first kappa shape index (κ1) is 51.5. The lowest BCUT2D eigenvalue weighted by molar-refractivity contribution is 0.101. The highest BCUT2D eigenvalue weighted by molar-refractivity contribution is 7.86. The molecule has 0 saturated carbocycles. The molecule has 2 aliphatic rings. The van der Waals surface area contributed by atoms with Gasteiger partial charge in [-0.3, -0.25) is 18.7 Å². The number of benzene rings is 5. The molecule has 5 aromatic carbocycles. The predicted octanol–water partition coefficient (Wildman–Crippen LogP) is 6.01. The number of hydrogen-bond acceptors (Lipinski definition) is 14. The maximum Gasteiger partial charge on any atom is 0.294 e. The topological polar surface area (TPSA) is 302 Å². The van der Waals surface area contributed by atoms with E-state index in [1.165, 1.54) is 24.3 Å². The number of nitrogens with zero attached hydrogens (tertiary/aromatic N) is 4. The van der Waals surface area contributed by atoms with Gasteiger partial charge in [-0.05, 0) is 111 Å². The Morgan fingerprint density at radius 1 is 0.529 bits per heavy atom. The summed E-state index contributed by atoms with van der Waals surface area (Å²) >= 11 is 0. The van der Waals surface area contributed by atoms with E-state index in [-0.39, 0.29) is 21.6 Å². The number of carbonyl (C=O) groups is 2. The number of rotatable bonds is 12. The Labute approximate surface area is 396 Å². The minimum atomic E-state index is -4.02. The molecule has 358 valence electrons. The van der Waals surface area contributed by atoms with Gasteiger partial charge >= 0.3 is 0 Å². The number of carbonyl (C=O) groups excluding carboxylic acids is 2. The fourth-order valence-corrected chi connectivity index (χ4v) is 7.70. The van der Waals surface area contributed by atoms with Crippen LogP contribution in [0.15, 0.2) is 153 Å². The molecule has 0 atom stereocenters. The van der Waals surface area contributed by atoms with Crippen LogP contribution in [0.4, 0.5) is 11.4 Å². The number of hydrogen-bond donors (Lipinski definition) is 8. The number of amides is 2. The second-order valence-electron chi connectivity index (χ2n) is 15.7. The average molecular weight is 965 g/mol. The van der Waals surface area contributed by atoms with Gasteiger partial charge in [0.05, 0.1) is 9.79 Å². The van der Waals surface area contributed by atoms with Crippen LogP contribution in [-0.2, 0) is 20.2 Å². The Hall–Kier alpha value is -7.52. The minimum absolute atomic E-state index is 0.0666. The highest BCUT2D eigenvalue weighted by Crippen LogP contribution is 2.26. The molecule has 5 aromatic rings. The molecular formula is C48H56N10O8S2. The van der Waals surface area contributed by atoms with Crippen LogP contribution < -0.4 is 33.6 Å². The number of aryl methyl sites for hydroxylation is 2. The first-order chi connectivity index (χ1) is 32.2. The number of nitrogens with two attached hydrogens (primary N) is 4. The molecule has 20 heteroatoms. The molecule has 0 spiro atoms. The molecule has 0 fully saturated rings. The monoisotopic (exact) mass is 964 g/mol. The zero-order chi connectivity index (χ0) is 49.8. The Kier molecular flexibility index (Phi) is 17.2. The van der Waals surface area contributed by atoms with Crippen LogP contribution in [0.5, 0.6) is 0 Å². The van der Waals surface area contributed by atoms with Crippen LogP contribution in [-0.4, -0.2) is 85.7 Å². The highest BCUT2D eigenvalue weighted by atomic mass is 32.2. The lowest BCUT2D eigenvalue weighted by Crippen LogP contribution is -2.42. The van der Waals surface area contributed by atoms with E-state index in [1.54, 1.807) is 48.5 Å². The van der Waals surface area contributed by atoms with Crippen molar-refractivity contribution in [1.82, 2.24) is 9.80 Å². The lowest BCUT2D eigenvalue weighted by atomic mass is 10.0. The molecule has 2 amide bonds. The van der Waals surface area contributed by atoms with Crippen molar-refractivity contribution in [3.63, 3.8) is 0 Å². The van der Waals surface area contributed by atoms with Crippen LogP contribution in [0, 0.1) is 13.8 Å². The molecule has 0 saturated heterocycles. The molecule has 2 heterocycles. The Bertz CT molecular complexity index is 2740. The number of anilines is 2. The van der Waals surface area contributed by atoms with Crippen LogP contribution in [0.25, 0.3) is 11.1 Å². The average Bonchev–Trinajstić information content (AvgIpc) is 3.29.